The maximum absolute atomic E-state index is 13.9. The Morgan fingerprint density at radius 3 is 2.63 bits per heavy atom. The Balaban J connectivity index is 1.47. The van der Waals surface area contributed by atoms with Crippen LogP contribution >= 0.6 is 15.9 Å². The predicted molar refractivity (Wildman–Crippen MR) is 142 cm³/mol. The highest BCUT2D eigenvalue weighted by molar-refractivity contribution is 9.10. The van der Waals surface area contributed by atoms with E-state index in [1.165, 1.54) is 11.3 Å². The number of nitrogens with one attached hydrogen (secondary N) is 2. The van der Waals surface area contributed by atoms with Crippen molar-refractivity contribution in [2.24, 2.45) is 0 Å². The van der Waals surface area contributed by atoms with E-state index >= 15 is 0 Å². The van der Waals surface area contributed by atoms with Crippen molar-refractivity contribution in [3.63, 3.8) is 0 Å². The van der Waals surface area contributed by atoms with Gasteiger partial charge in [-0.25, -0.2) is 0 Å². The Morgan fingerprint density at radius 1 is 1.17 bits per heavy atom. The van der Waals surface area contributed by atoms with Crippen molar-refractivity contribution in [1.29, 1.82) is 0 Å². The molecule has 2 heterocycles. The molecular weight excluding hydrogens is 508 g/mol. The second kappa shape index (κ2) is 11.0. The maximum atomic E-state index is 13.9. The SMILES string of the molecule is COc1ccc(Br)cc1CC(=O)NC1(C(=O)N2CCN(c3cccc(C)c3)C(C)C2)CCNCC1. The van der Waals surface area contributed by atoms with Crippen molar-refractivity contribution in [2.45, 2.75) is 44.7 Å². The van der Waals surface area contributed by atoms with Gasteiger partial charge in [-0.1, -0.05) is 28.1 Å². The number of hydrogen-bond donors (Lipinski definition) is 2. The first-order chi connectivity index (χ1) is 16.8. The molecule has 0 aliphatic carbocycles. The number of carbonyl (C=O) groups excluding carboxylic acids is 2. The molecule has 2 aromatic rings. The van der Waals surface area contributed by atoms with Crippen LogP contribution in [0.5, 0.6) is 5.75 Å². The van der Waals surface area contributed by atoms with Gasteiger partial charge in [-0.15, -0.1) is 0 Å². The number of rotatable bonds is 6. The molecule has 8 heteroatoms. The van der Waals surface area contributed by atoms with Gasteiger partial charge < -0.3 is 25.2 Å². The van der Waals surface area contributed by atoms with E-state index in [1.807, 2.05) is 23.1 Å². The second-order valence-electron chi connectivity index (χ2n) is 9.65. The first kappa shape index (κ1) is 25.5. The molecule has 4 rings (SSSR count). The van der Waals surface area contributed by atoms with Gasteiger partial charge in [0.2, 0.25) is 11.8 Å². The number of anilines is 1. The lowest BCUT2D eigenvalue weighted by atomic mass is 9.85. The van der Waals surface area contributed by atoms with E-state index < -0.39 is 5.54 Å². The molecule has 0 radical (unpaired) electrons. The molecule has 1 atom stereocenters. The number of halogens is 1. The molecule has 2 aromatic carbocycles. The van der Waals surface area contributed by atoms with Crippen LogP contribution in [0.25, 0.3) is 0 Å². The van der Waals surface area contributed by atoms with Gasteiger partial charge >= 0.3 is 0 Å². The van der Waals surface area contributed by atoms with Crippen LogP contribution in [0.1, 0.15) is 30.9 Å². The lowest BCUT2D eigenvalue weighted by molar-refractivity contribution is -0.143. The van der Waals surface area contributed by atoms with Crippen LogP contribution in [0.3, 0.4) is 0 Å². The molecule has 1 unspecified atom stereocenters. The highest BCUT2D eigenvalue weighted by atomic mass is 79.9. The summed E-state index contributed by atoms with van der Waals surface area (Å²) in [5.41, 5.74) is 2.33. The van der Waals surface area contributed by atoms with E-state index in [0.29, 0.717) is 44.8 Å². The van der Waals surface area contributed by atoms with Crippen molar-refractivity contribution in [3.8, 4) is 5.75 Å². The summed E-state index contributed by atoms with van der Waals surface area (Å²) in [7, 11) is 1.60. The summed E-state index contributed by atoms with van der Waals surface area (Å²) in [6, 6.07) is 14.3. The zero-order valence-electron chi connectivity index (χ0n) is 20.8. The topological polar surface area (TPSA) is 73.9 Å². The molecule has 0 spiro atoms. The second-order valence-corrected chi connectivity index (χ2v) is 10.6. The lowest BCUT2D eigenvalue weighted by Gasteiger charge is -2.46. The van der Waals surface area contributed by atoms with Crippen LogP contribution in [0.4, 0.5) is 5.69 Å². The standard InChI is InChI=1S/C27H35BrN4O3/c1-19-5-4-6-23(15-19)32-14-13-31(18-20(32)2)26(34)27(9-11-29-12-10-27)30-25(33)17-21-16-22(28)7-8-24(21)35-3/h4-8,15-16,20,29H,9-14,17-18H2,1-3H3,(H,30,33). The molecule has 0 aromatic heterocycles. The monoisotopic (exact) mass is 542 g/mol. The van der Waals surface area contributed by atoms with Crippen LogP contribution in [0, 0.1) is 6.92 Å². The highest BCUT2D eigenvalue weighted by Crippen LogP contribution is 2.28. The summed E-state index contributed by atoms with van der Waals surface area (Å²) in [5.74, 6) is 0.530. The van der Waals surface area contributed by atoms with Crippen molar-refractivity contribution < 1.29 is 14.3 Å². The predicted octanol–water partition coefficient (Wildman–Crippen LogP) is 3.28. The van der Waals surface area contributed by atoms with Crippen LogP contribution < -0.4 is 20.3 Å². The molecule has 2 aliphatic heterocycles. The summed E-state index contributed by atoms with van der Waals surface area (Å²) in [5, 5.41) is 6.49. The van der Waals surface area contributed by atoms with Crippen molar-refractivity contribution in [2.75, 3.05) is 44.7 Å². The van der Waals surface area contributed by atoms with Gasteiger partial charge in [-0.05, 0) is 75.7 Å². The molecule has 188 valence electrons. The minimum Gasteiger partial charge on any atom is -0.496 e. The van der Waals surface area contributed by atoms with E-state index in [-0.39, 0.29) is 24.3 Å². The number of benzene rings is 2. The number of piperidine rings is 1. The minimum absolute atomic E-state index is 0.0318. The van der Waals surface area contributed by atoms with Crippen LogP contribution in [-0.4, -0.2) is 68.1 Å². The molecule has 0 bridgehead atoms. The summed E-state index contributed by atoms with van der Waals surface area (Å²) >= 11 is 3.47. The van der Waals surface area contributed by atoms with Gasteiger partial charge in [-0.3, -0.25) is 9.59 Å². The van der Waals surface area contributed by atoms with E-state index in [1.54, 1.807) is 7.11 Å². The Labute approximate surface area is 216 Å². The van der Waals surface area contributed by atoms with Crippen molar-refractivity contribution >= 4 is 33.4 Å². The van der Waals surface area contributed by atoms with Gasteiger partial charge in [0.05, 0.1) is 13.5 Å². The van der Waals surface area contributed by atoms with Crippen LogP contribution in [0.2, 0.25) is 0 Å². The fourth-order valence-electron chi connectivity index (χ4n) is 5.25. The molecule has 2 N–H and O–H groups in total. The number of aryl methyl sites for hydroxylation is 1. The first-order valence-electron chi connectivity index (χ1n) is 12.3. The number of ether oxygens (including phenoxy) is 1. The van der Waals surface area contributed by atoms with Gasteiger partial charge in [0.25, 0.3) is 0 Å². The Kier molecular flexibility index (Phi) is 8.02. The molecule has 35 heavy (non-hydrogen) atoms. The molecular formula is C27H35BrN4O3. The number of piperazine rings is 1. The van der Waals surface area contributed by atoms with Gasteiger partial charge in [0, 0.05) is 41.4 Å². The summed E-state index contributed by atoms with van der Waals surface area (Å²) < 4.78 is 6.32. The Morgan fingerprint density at radius 2 is 1.94 bits per heavy atom. The van der Waals surface area contributed by atoms with Gasteiger partial charge in [-0.2, -0.15) is 0 Å². The largest absolute Gasteiger partial charge is 0.496 e. The number of hydrogen-bond acceptors (Lipinski definition) is 5. The smallest absolute Gasteiger partial charge is 0.248 e. The molecule has 2 aliphatic rings. The number of carbonyl (C=O) groups is 2. The van der Waals surface area contributed by atoms with E-state index in [0.717, 1.165) is 16.6 Å². The van der Waals surface area contributed by atoms with Gasteiger partial charge in [0.1, 0.15) is 11.3 Å². The van der Waals surface area contributed by atoms with Crippen LogP contribution in [0.15, 0.2) is 46.9 Å². The van der Waals surface area contributed by atoms with E-state index in [4.69, 9.17) is 4.74 Å². The third-order valence-corrected chi connectivity index (χ3v) is 7.58. The highest BCUT2D eigenvalue weighted by Gasteiger charge is 2.44. The van der Waals surface area contributed by atoms with E-state index in [9.17, 15) is 9.59 Å². The van der Waals surface area contributed by atoms with Crippen molar-refractivity contribution in [3.05, 3.63) is 58.1 Å². The lowest BCUT2D eigenvalue weighted by Crippen LogP contribution is -2.66. The quantitative estimate of drug-likeness (QED) is 0.585. The van der Waals surface area contributed by atoms with Crippen LogP contribution in [-0.2, 0) is 16.0 Å². The zero-order valence-corrected chi connectivity index (χ0v) is 22.4. The Hall–Kier alpha value is -2.58. The minimum atomic E-state index is -0.882. The summed E-state index contributed by atoms with van der Waals surface area (Å²) in [6.07, 6.45) is 1.32. The molecule has 0 saturated carbocycles. The number of methoxy groups -OCH3 is 1. The average molecular weight is 544 g/mol. The normalized spacial score (nSPS) is 19.8. The van der Waals surface area contributed by atoms with Gasteiger partial charge in [0.15, 0.2) is 0 Å². The molecule has 2 saturated heterocycles. The number of amides is 2. The third kappa shape index (κ3) is 5.81. The average Bonchev–Trinajstić information content (AvgIpc) is 2.84. The third-order valence-electron chi connectivity index (χ3n) is 7.09. The van der Waals surface area contributed by atoms with E-state index in [2.05, 4.69) is 69.6 Å². The molecule has 2 amide bonds. The first-order valence-corrected chi connectivity index (χ1v) is 13.1. The Bertz CT molecular complexity index is 1070. The zero-order chi connectivity index (χ0) is 25.0. The van der Waals surface area contributed by atoms with Crippen molar-refractivity contribution in [1.82, 2.24) is 15.5 Å². The fourth-order valence-corrected chi connectivity index (χ4v) is 5.66. The summed E-state index contributed by atoms with van der Waals surface area (Å²) in [4.78, 5) is 31.4. The molecule has 2 fully saturated rings. The summed E-state index contributed by atoms with van der Waals surface area (Å²) in [6.45, 7) is 7.71. The fraction of sp³-hybridized carbons (Fsp3) is 0.481. The number of nitrogens with zero attached hydrogens (tertiary/aromatic N) is 2. The maximum Gasteiger partial charge on any atom is 0.248 e. The molecule has 7 nitrogen and oxygen atoms in total.